The van der Waals surface area contributed by atoms with Gasteiger partial charge in [-0.15, -0.1) is 0 Å². The molecule has 0 aliphatic heterocycles. The smallest absolute Gasteiger partial charge is 0.242 e. The molecule has 94 valence electrons. The SMILES string of the molecule is NC(=O)CCNS(=O)(=O)c1cnc(Cl)c(Cl)c1. The van der Waals surface area contributed by atoms with E-state index in [2.05, 4.69) is 9.71 Å². The van der Waals surface area contributed by atoms with Crippen molar-refractivity contribution >= 4 is 39.1 Å². The summed E-state index contributed by atoms with van der Waals surface area (Å²) in [7, 11) is -3.76. The Morgan fingerprint density at radius 3 is 2.65 bits per heavy atom. The van der Waals surface area contributed by atoms with Crippen LogP contribution < -0.4 is 10.5 Å². The quantitative estimate of drug-likeness (QED) is 0.774. The van der Waals surface area contributed by atoms with Gasteiger partial charge in [-0.3, -0.25) is 4.79 Å². The zero-order valence-corrected chi connectivity index (χ0v) is 10.8. The molecule has 1 heterocycles. The number of hydrogen-bond donors (Lipinski definition) is 2. The molecule has 0 radical (unpaired) electrons. The molecule has 17 heavy (non-hydrogen) atoms. The van der Waals surface area contributed by atoms with Gasteiger partial charge in [0, 0.05) is 19.2 Å². The lowest BCUT2D eigenvalue weighted by Crippen LogP contribution is -2.28. The predicted octanol–water partition coefficient (Wildman–Crippen LogP) is 0.542. The fourth-order valence-electron chi connectivity index (χ4n) is 0.943. The Balaban J connectivity index is 2.82. The van der Waals surface area contributed by atoms with Gasteiger partial charge in [0.15, 0.2) is 0 Å². The average molecular weight is 298 g/mol. The van der Waals surface area contributed by atoms with Crippen LogP contribution in [0, 0.1) is 0 Å². The summed E-state index contributed by atoms with van der Waals surface area (Å²) in [5, 5.41) is 0.0483. The molecule has 0 saturated heterocycles. The zero-order valence-electron chi connectivity index (χ0n) is 8.48. The first-order valence-corrected chi connectivity index (χ1v) is 6.66. The molecule has 0 spiro atoms. The van der Waals surface area contributed by atoms with Crippen molar-refractivity contribution in [3.05, 3.63) is 22.4 Å². The highest BCUT2D eigenvalue weighted by atomic mass is 35.5. The first kappa shape index (κ1) is 14.2. The molecule has 1 aromatic heterocycles. The van der Waals surface area contributed by atoms with Crippen LogP contribution in [0.1, 0.15) is 6.42 Å². The summed E-state index contributed by atoms with van der Waals surface area (Å²) in [6, 6.07) is 1.17. The minimum Gasteiger partial charge on any atom is -0.370 e. The number of carbonyl (C=O) groups excluding carboxylic acids is 1. The van der Waals surface area contributed by atoms with E-state index in [9.17, 15) is 13.2 Å². The summed E-state index contributed by atoms with van der Waals surface area (Å²) in [5.74, 6) is -0.597. The van der Waals surface area contributed by atoms with Crippen LogP contribution in [0.15, 0.2) is 17.2 Å². The molecule has 0 aliphatic carbocycles. The minimum absolute atomic E-state index is 0.0164. The second kappa shape index (κ2) is 5.63. The third-order valence-corrected chi connectivity index (χ3v) is 3.86. The van der Waals surface area contributed by atoms with Crippen molar-refractivity contribution in [1.29, 1.82) is 0 Å². The van der Waals surface area contributed by atoms with Crippen LogP contribution in [0.2, 0.25) is 10.2 Å². The summed E-state index contributed by atoms with van der Waals surface area (Å²) in [5.41, 5.74) is 4.88. The second-order valence-electron chi connectivity index (χ2n) is 3.06. The van der Waals surface area contributed by atoms with E-state index < -0.39 is 15.9 Å². The minimum atomic E-state index is -3.76. The highest BCUT2D eigenvalue weighted by molar-refractivity contribution is 7.89. The molecular weight excluding hydrogens is 289 g/mol. The molecule has 0 unspecified atom stereocenters. The van der Waals surface area contributed by atoms with Crippen LogP contribution in [-0.2, 0) is 14.8 Å². The van der Waals surface area contributed by atoms with Crippen LogP contribution in [0.3, 0.4) is 0 Å². The van der Waals surface area contributed by atoms with Crippen molar-refractivity contribution in [2.75, 3.05) is 6.54 Å². The van der Waals surface area contributed by atoms with Gasteiger partial charge < -0.3 is 5.73 Å². The Hall–Kier alpha value is -0.890. The van der Waals surface area contributed by atoms with E-state index in [1.165, 1.54) is 6.07 Å². The maximum absolute atomic E-state index is 11.7. The number of rotatable bonds is 5. The molecule has 1 aromatic rings. The molecule has 0 fully saturated rings. The Morgan fingerprint density at radius 2 is 2.12 bits per heavy atom. The highest BCUT2D eigenvalue weighted by Gasteiger charge is 2.15. The number of aromatic nitrogens is 1. The number of sulfonamides is 1. The monoisotopic (exact) mass is 297 g/mol. The summed E-state index contributed by atoms with van der Waals surface area (Å²) < 4.78 is 25.5. The third-order valence-electron chi connectivity index (χ3n) is 1.74. The van der Waals surface area contributed by atoms with Crippen LogP contribution in [0.5, 0.6) is 0 Å². The normalized spacial score (nSPS) is 11.4. The Morgan fingerprint density at radius 1 is 1.47 bits per heavy atom. The molecule has 9 heteroatoms. The number of halogens is 2. The molecule has 6 nitrogen and oxygen atoms in total. The Bertz CT molecular complexity index is 533. The summed E-state index contributed by atoms with van der Waals surface area (Å²) >= 11 is 11.2. The molecule has 0 aromatic carbocycles. The van der Waals surface area contributed by atoms with E-state index in [1.807, 2.05) is 0 Å². The average Bonchev–Trinajstić information content (AvgIpc) is 2.21. The topological polar surface area (TPSA) is 102 Å². The first-order valence-electron chi connectivity index (χ1n) is 4.42. The van der Waals surface area contributed by atoms with E-state index in [0.29, 0.717) is 0 Å². The number of nitrogens with one attached hydrogen (secondary N) is 1. The van der Waals surface area contributed by atoms with E-state index in [0.717, 1.165) is 6.20 Å². The van der Waals surface area contributed by atoms with Gasteiger partial charge in [-0.2, -0.15) is 0 Å². The van der Waals surface area contributed by atoms with Crippen LogP contribution in [0.25, 0.3) is 0 Å². The van der Waals surface area contributed by atoms with Gasteiger partial charge in [-0.1, -0.05) is 23.2 Å². The fraction of sp³-hybridized carbons (Fsp3) is 0.250. The third kappa shape index (κ3) is 4.12. The van der Waals surface area contributed by atoms with E-state index >= 15 is 0 Å². The van der Waals surface area contributed by atoms with Gasteiger partial charge in [0.2, 0.25) is 15.9 Å². The molecule has 1 rings (SSSR count). The maximum atomic E-state index is 11.7. The summed E-state index contributed by atoms with van der Waals surface area (Å²) in [4.78, 5) is 13.9. The van der Waals surface area contributed by atoms with Gasteiger partial charge >= 0.3 is 0 Å². The lowest BCUT2D eigenvalue weighted by molar-refractivity contribution is -0.117. The lowest BCUT2D eigenvalue weighted by atomic mass is 10.4. The molecule has 0 atom stereocenters. The fourth-order valence-corrected chi connectivity index (χ4v) is 2.28. The second-order valence-corrected chi connectivity index (χ2v) is 5.59. The number of amides is 1. The predicted molar refractivity (Wildman–Crippen MR) is 63.3 cm³/mol. The summed E-state index contributed by atoms with van der Waals surface area (Å²) in [6.07, 6.45) is 0.981. The van der Waals surface area contributed by atoms with Crippen molar-refractivity contribution in [2.24, 2.45) is 5.73 Å². The number of nitrogens with zero attached hydrogens (tertiary/aromatic N) is 1. The van der Waals surface area contributed by atoms with Gasteiger partial charge in [0.1, 0.15) is 10.0 Å². The number of hydrogen-bond acceptors (Lipinski definition) is 4. The molecule has 0 aliphatic rings. The van der Waals surface area contributed by atoms with Gasteiger partial charge in [-0.05, 0) is 6.07 Å². The van der Waals surface area contributed by atoms with Crippen molar-refractivity contribution in [3.8, 4) is 0 Å². The van der Waals surface area contributed by atoms with Crippen molar-refractivity contribution in [1.82, 2.24) is 9.71 Å². The van der Waals surface area contributed by atoms with Gasteiger partial charge in [-0.25, -0.2) is 18.1 Å². The summed E-state index contributed by atoms with van der Waals surface area (Å²) in [6.45, 7) is -0.0854. The van der Waals surface area contributed by atoms with Crippen molar-refractivity contribution < 1.29 is 13.2 Å². The maximum Gasteiger partial charge on any atom is 0.242 e. The number of primary amides is 1. The molecule has 3 N–H and O–H groups in total. The van der Waals surface area contributed by atoms with E-state index in [4.69, 9.17) is 28.9 Å². The standard InChI is InChI=1S/C8H9Cl2N3O3S/c9-6-3-5(4-12-8(6)10)17(15,16)13-2-1-7(11)14/h3-4,13H,1-2H2,(H2,11,14). The molecule has 1 amide bonds. The van der Waals surface area contributed by atoms with Gasteiger partial charge in [0.05, 0.1) is 5.02 Å². The zero-order chi connectivity index (χ0) is 13.1. The number of pyridine rings is 1. The van der Waals surface area contributed by atoms with Gasteiger partial charge in [0.25, 0.3) is 0 Å². The van der Waals surface area contributed by atoms with Crippen molar-refractivity contribution in [3.63, 3.8) is 0 Å². The van der Waals surface area contributed by atoms with E-state index in [-0.39, 0.29) is 28.0 Å². The number of nitrogens with two attached hydrogens (primary N) is 1. The van der Waals surface area contributed by atoms with Crippen LogP contribution in [-0.4, -0.2) is 25.9 Å². The van der Waals surface area contributed by atoms with Crippen molar-refractivity contribution in [2.45, 2.75) is 11.3 Å². The van der Waals surface area contributed by atoms with Crippen LogP contribution >= 0.6 is 23.2 Å². The Labute approximate surface area is 108 Å². The Kier molecular flexibility index (Phi) is 4.70. The lowest BCUT2D eigenvalue weighted by Gasteiger charge is -2.05. The highest BCUT2D eigenvalue weighted by Crippen LogP contribution is 2.21. The molecule has 0 bridgehead atoms. The molecule has 0 saturated carbocycles. The number of carbonyl (C=O) groups is 1. The molecular formula is C8H9Cl2N3O3S. The first-order chi connectivity index (χ1) is 7.83. The van der Waals surface area contributed by atoms with Crippen LogP contribution in [0.4, 0.5) is 0 Å². The van der Waals surface area contributed by atoms with E-state index in [1.54, 1.807) is 0 Å². The largest absolute Gasteiger partial charge is 0.370 e.